The fourth-order valence-corrected chi connectivity index (χ4v) is 5.69. The third kappa shape index (κ3) is 4.63. The van der Waals surface area contributed by atoms with Gasteiger partial charge in [-0.15, -0.1) is 0 Å². The van der Waals surface area contributed by atoms with Gasteiger partial charge >= 0.3 is 13.8 Å². The van der Waals surface area contributed by atoms with Gasteiger partial charge in [-0.1, -0.05) is 0 Å². The number of halogens is 3. The molecule has 0 fully saturated rings. The number of nitroso groups, excluding NO2 is 2. The average Bonchev–Trinajstić information content (AvgIpc) is 3.84. The Hall–Kier alpha value is -4.23. The number of hydrogen-bond donors (Lipinski definition) is 2. The number of anilines is 1. The van der Waals surface area contributed by atoms with Crippen LogP contribution in [-0.4, -0.2) is 46.8 Å². The first kappa shape index (κ1) is 25.1. The first-order chi connectivity index (χ1) is 18.7. The molecule has 3 heterocycles. The second kappa shape index (κ2) is 9.20. The third-order valence-corrected chi connectivity index (χ3v) is 8.07. The number of nitrogens with zero attached hydrogens (tertiary/aromatic N) is 6. The predicted molar refractivity (Wildman–Crippen MR) is 132 cm³/mol. The van der Waals surface area contributed by atoms with Crippen molar-refractivity contribution in [2.75, 3.05) is 18.5 Å². The molecule has 0 radical (unpaired) electrons. The maximum absolute atomic E-state index is 13.4. The minimum atomic E-state index is -4.55. The van der Waals surface area contributed by atoms with Crippen LogP contribution in [0.1, 0.15) is 24.8 Å². The van der Waals surface area contributed by atoms with Crippen molar-refractivity contribution in [3.63, 3.8) is 0 Å². The van der Waals surface area contributed by atoms with Gasteiger partial charge in [0.2, 0.25) is 11.4 Å². The highest BCUT2D eigenvalue weighted by molar-refractivity contribution is 7.45. The number of hydrogen-bond acceptors (Lipinski definition) is 8. The van der Waals surface area contributed by atoms with Crippen molar-refractivity contribution in [1.29, 1.82) is 0 Å². The molecule has 0 atom stereocenters. The number of alkyl halides is 3. The Balaban J connectivity index is 1.25. The van der Waals surface area contributed by atoms with Gasteiger partial charge in [0.05, 0.1) is 53.6 Å². The van der Waals surface area contributed by atoms with E-state index in [1.165, 1.54) is 6.07 Å². The van der Waals surface area contributed by atoms with Crippen molar-refractivity contribution < 1.29 is 31.3 Å². The maximum atomic E-state index is 13.4. The van der Waals surface area contributed by atoms with Gasteiger partial charge in [0.1, 0.15) is 0 Å². The van der Waals surface area contributed by atoms with Gasteiger partial charge in [-0.25, -0.2) is 14.5 Å². The monoisotopic (exact) mass is 560 g/mol. The molecule has 0 saturated heterocycles. The molecule has 39 heavy (non-hydrogen) atoms. The summed E-state index contributed by atoms with van der Waals surface area (Å²) in [5.41, 5.74) is 1.63. The van der Waals surface area contributed by atoms with Crippen molar-refractivity contribution in [2.24, 2.45) is 0 Å². The van der Waals surface area contributed by atoms with Crippen molar-refractivity contribution in [3.8, 4) is 11.4 Å². The summed E-state index contributed by atoms with van der Waals surface area (Å²) in [6.45, 7) is -0.0271. The highest BCUT2D eigenvalue weighted by atomic mass is 31.2. The third-order valence-electron chi connectivity index (χ3n) is 6.12. The molecule has 0 saturated carbocycles. The van der Waals surface area contributed by atoms with Gasteiger partial charge < -0.3 is 5.32 Å². The largest absolute Gasteiger partial charge is 0.834 e. The molecule has 2 aliphatic carbocycles. The lowest BCUT2D eigenvalue weighted by Gasteiger charge is -2.13. The van der Waals surface area contributed by atoms with E-state index in [-0.39, 0.29) is 51.4 Å². The van der Waals surface area contributed by atoms with E-state index < -0.39 is 19.4 Å². The molecule has 0 bridgehead atoms. The fraction of sp³-hybridized carbons (Fsp3) is 0.261. The molecule has 12 nitrogen and oxygen atoms in total. The summed E-state index contributed by atoms with van der Waals surface area (Å²) in [5.74, 6) is 0.206. The van der Waals surface area contributed by atoms with Crippen LogP contribution in [0, 0.1) is 9.81 Å². The number of allylic oxidation sites excluding steroid dienone is 4. The minimum Gasteiger partial charge on any atom is -0.367 e. The van der Waals surface area contributed by atoms with Gasteiger partial charge in [-0.05, 0) is 42.8 Å². The van der Waals surface area contributed by atoms with Crippen LogP contribution in [-0.2, 0) is 15.3 Å². The summed E-state index contributed by atoms with van der Waals surface area (Å²) in [7, 11) is -4.38. The zero-order valence-corrected chi connectivity index (χ0v) is 20.9. The Morgan fingerprint density at radius 1 is 1.13 bits per heavy atom. The van der Waals surface area contributed by atoms with Crippen LogP contribution in [0.25, 0.3) is 28.1 Å². The Morgan fingerprint density at radius 3 is 2.46 bits per heavy atom. The van der Waals surface area contributed by atoms with Crippen LogP contribution >= 0.6 is 7.67 Å². The molecule has 3 aromatic heterocycles. The average molecular weight is 560 g/mol. The van der Waals surface area contributed by atoms with Crippen molar-refractivity contribution in [3.05, 3.63) is 75.6 Å². The Morgan fingerprint density at radius 2 is 1.85 bits per heavy atom. The topological polar surface area (TPSA) is 137 Å². The number of benzene rings is 1. The number of aromatic nitrogens is 5. The van der Waals surface area contributed by atoms with E-state index in [0.717, 1.165) is 12.1 Å². The summed E-state index contributed by atoms with van der Waals surface area (Å²) in [4.78, 5) is 33.7. The van der Waals surface area contributed by atoms with Crippen LogP contribution in [0.2, 0.25) is 0 Å². The number of fused-ring (bicyclic) bond motifs is 3. The van der Waals surface area contributed by atoms with E-state index in [0.29, 0.717) is 35.4 Å². The number of H-pyrrole nitrogens is 1. The fourth-order valence-electron chi connectivity index (χ4n) is 3.99. The summed E-state index contributed by atoms with van der Waals surface area (Å²) >= 11 is 0. The number of aromatic amines is 1. The van der Waals surface area contributed by atoms with Crippen LogP contribution in [0.4, 0.5) is 19.0 Å². The molecule has 200 valence electrons. The highest BCUT2D eigenvalue weighted by Crippen LogP contribution is 2.55. The molecule has 2 N–H and O–H groups in total. The van der Waals surface area contributed by atoms with E-state index in [2.05, 4.69) is 25.5 Å². The first-order valence-corrected chi connectivity index (χ1v) is 13.4. The van der Waals surface area contributed by atoms with Gasteiger partial charge in [0.25, 0.3) is 0 Å². The normalized spacial score (nSPS) is 14.8. The second-order valence-corrected chi connectivity index (χ2v) is 10.8. The second-order valence-electron chi connectivity index (χ2n) is 8.88. The van der Waals surface area contributed by atoms with E-state index in [4.69, 9.17) is 4.52 Å². The molecule has 0 unspecified atom stereocenters. The predicted octanol–water partition coefficient (Wildman–Crippen LogP) is 5.35. The minimum absolute atomic E-state index is 0.0822. The molecular weight excluding hydrogens is 540 g/mol. The van der Waals surface area contributed by atoms with Gasteiger partial charge in [-0.3, -0.25) is 9.50 Å². The Kier molecular flexibility index (Phi) is 5.92. The smallest absolute Gasteiger partial charge is 0.367 e. The number of rotatable bonds is 11. The standard InChI is InChI=1S/C23H20F3N8O4P/c24-23(25,26)14-2-7-19-18(12-14)30-21(22-28-13-20(32(19)22)17-8-10-29-31-17)27-9-1-11-38-39(37,33(35)15-3-4-15)34(36)16-5-6-16/h2-3,5,7-8,10,12-13H,1,4,6,9,11H2,(H,27,30)(H,29,31)/q+2. The molecule has 2 aliphatic rings. The van der Waals surface area contributed by atoms with E-state index >= 15 is 0 Å². The lowest BCUT2D eigenvalue weighted by atomic mass is 10.2. The van der Waals surface area contributed by atoms with Crippen LogP contribution in [0.3, 0.4) is 0 Å². The van der Waals surface area contributed by atoms with Crippen LogP contribution < -0.4 is 5.32 Å². The van der Waals surface area contributed by atoms with Crippen LogP contribution in [0.15, 0.2) is 60.2 Å². The van der Waals surface area contributed by atoms with Crippen molar-refractivity contribution >= 4 is 30.2 Å². The zero-order chi connectivity index (χ0) is 27.4. The van der Waals surface area contributed by atoms with Gasteiger partial charge in [-0.2, -0.15) is 22.8 Å². The molecule has 0 aliphatic heterocycles. The van der Waals surface area contributed by atoms with E-state index in [1.807, 2.05) is 0 Å². The van der Waals surface area contributed by atoms with Crippen LogP contribution in [0.5, 0.6) is 0 Å². The summed E-state index contributed by atoms with van der Waals surface area (Å²) in [5, 5.41) is 9.80. The van der Waals surface area contributed by atoms with Gasteiger partial charge in [0.15, 0.2) is 20.5 Å². The molecular formula is C23H20F3N8O4P+2. The van der Waals surface area contributed by atoms with Gasteiger partial charge in [0, 0.05) is 22.6 Å². The quantitative estimate of drug-likeness (QED) is 0.185. The SMILES string of the molecule is O=[N+](C1=CC1)P(=O)(OCCCNc1nc2cc(C(F)(F)F)ccc2n2c(-c3ccn[nH]3)cnc12)[N+](=O)C1=CC1. The summed E-state index contributed by atoms with van der Waals surface area (Å²) in [6.07, 6.45) is 2.52. The maximum Gasteiger partial charge on any atom is 0.834 e. The zero-order valence-electron chi connectivity index (χ0n) is 20.1. The molecule has 1 aromatic carbocycles. The molecule has 0 spiro atoms. The Bertz CT molecular complexity index is 1720. The molecule has 16 heteroatoms. The molecule has 0 amide bonds. The first-order valence-electron chi connectivity index (χ1n) is 11.9. The van der Waals surface area contributed by atoms with E-state index in [9.17, 15) is 27.6 Å². The lowest BCUT2D eigenvalue weighted by Crippen LogP contribution is -2.15. The molecule has 6 rings (SSSR count). The van der Waals surface area contributed by atoms with Crippen molar-refractivity contribution in [2.45, 2.75) is 25.4 Å². The lowest BCUT2D eigenvalue weighted by molar-refractivity contribution is -0.472. The summed E-state index contributed by atoms with van der Waals surface area (Å²) < 4.78 is 60.7. The summed E-state index contributed by atoms with van der Waals surface area (Å²) in [6, 6.07) is 4.98. The Labute approximate surface area is 217 Å². The van der Waals surface area contributed by atoms with Crippen molar-refractivity contribution in [1.82, 2.24) is 24.6 Å². The molecule has 4 aromatic rings. The number of imidazole rings is 1. The highest BCUT2D eigenvalue weighted by Gasteiger charge is 2.66. The number of nitrogens with one attached hydrogen (secondary N) is 2. The van der Waals surface area contributed by atoms with E-state index in [1.54, 1.807) is 35.0 Å².